The molecule has 0 saturated carbocycles. The van der Waals surface area contributed by atoms with Crippen molar-refractivity contribution in [2.75, 3.05) is 0 Å². The first-order valence-electron chi connectivity index (χ1n) is 9.29. The van der Waals surface area contributed by atoms with E-state index in [1.54, 1.807) is 0 Å². The van der Waals surface area contributed by atoms with E-state index < -0.39 is 0 Å². The molecule has 1 aromatic rings. The third-order valence-corrected chi connectivity index (χ3v) is 4.35. The smallest absolute Gasteiger partial charge is 0.234 e. The van der Waals surface area contributed by atoms with Crippen molar-refractivity contribution in [2.24, 2.45) is 0 Å². The molecule has 0 amide bonds. The van der Waals surface area contributed by atoms with Crippen molar-refractivity contribution in [3.05, 3.63) is 18.2 Å². The van der Waals surface area contributed by atoms with Crippen molar-refractivity contribution in [2.45, 2.75) is 104 Å². The molecule has 0 saturated heterocycles. The van der Waals surface area contributed by atoms with E-state index in [1.807, 2.05) is 0 Å². The van der Waals surface area contributed by atoms with Gasteiger partial charge in [0.1, 0.15) is 12.4 Å². The van der Waals surface area contributed by atoms with Crippen LogP contribution in [0.5, 0.6) is 0 Å². The standard InChI is InChI=1S/C19H37N2/c1-5-7-9-10-11-12-13-14-19-20(15-8-6-2)16-17-21(19)18(3)4/h16-18H,5-15H2,1-4H3/q+1. The fraction of sp³-hybridized carbons (Fsp3) is 0.842. The van der Waals surface area contributed by atoms with Crippen molar-refractivity contribution in [3.8, 4) is 0 Å². The minimum absolute atomic E-state index is 0.576. The molecule has 2 heteroatoms. The summed E-state index contributed by atoms with van der Waals surface area (Å²) in [6, 6.07) is 0.576. The number of imidazole rings is 1. The number of unbranched alkanes of at least 4 members (excludes halogenated alkanes) is 7. The molecule has 0 unspecified atom stereocenters. The van der Waals surface area contributed by atoms with Gasteiger partial charge in [-0.05, 0) is 26.7 Å². The predicted octanol–water partition coefficient (Wildman–Crippen LogP) is 5.45. The number of aryl methyl sites for hydroxylation is 1. The number of rotatable bonds is 12. The lowest BCUT2D eigenvalue weighted by Crippen LogP contribution is -2.37. The van der Waals surface area contributed by atoms with Crippen LogP contribution in [0.1, 0.15) is 97.3 Å². The Morgan fingerprint density at radius 3 is 2.14 bits per heavy atom. The fourth-order valence-electron chi connectivity index (χ4n) is 2.99. The van der Waals surface area contributed by atoms with Crippen LogP contribution in [0.2, 0.25) is 0 Å². The second-order valence-corrected chi connectivity index (χ2v) is 6.63. The summed E-state index contributed by atoms with van der Waals surface area (Å²) in [5.74, 6) is 1.53. The molecular formula is C19H37N2+. The predicted molar refractivity (Wildman–Crippen MR) is 91.6 cm³/mol. The highest BCUT2D eigenvalue weighted by Gasteiger charge is 2.18. The number of hydrogen-bond acceptors (Lipinski definition) is 0. The largest absolute Gasteiger partial charge is 0.256 e. The molecule has 0 radical (unpaired) electrons. The molecule has 122 valence electrons. The molecule has 0 aliphatic rings. The molecule has 0 N–H and O–H groups in total. The molecule has 0 bridgehead atoms. The summed E-state index contributed by atoms with van der Waals surface area (Å²) in [6.45, 7) is 10.3. The van der Waals surface area contributed by atoms with Gasteiger partial charge in [0.2, 0.25) is 0 Å². The Morgan fingerprint density at radius 2 is 1.52 bits per heavy atom. The number of hydrogen-bond donors (Lipinski definition) is 0. The summed E-state index contributed by atoms with van der Waals surface area (Å²) in [6.07, 6.45) is 18.1. The molecule has 2 nitrogen and oxygen atoms in total. The maximum Gasteiger partial charge on any atom is 0.256 e. The van der Waals surface area contributed by atoms with Crippen LogP contribution in [0.15, 0.2) is 12.4 Å². The Bertz CT molecular complexity index is 366. The normalized spacial score (nSPS) is 11.5. The Hall–Kier alpha value is -0.790. The summed E-state index contributed by atoms with van der Waals surface area (Å²) < 4.78 is 4.95. The zero-order chi connectivity index (χ0) is 15.5. The van der Waals surface area contributed by atoms with Gasteiger partial charge in [0.25, 0.3) is 5.82 Å². The summed E-state index contributed by atoms with van der Waals surface area (Å²) >= 11 is 0. The zero-order valence-electron chi connectivity index (χ0n) is 14.9. The summed E-state index contributed by atoms with van der Waals surface area (Å²) in [5, 5.41) is 0. The topological polar surface area (TPSA) is 8.81 Å². The van der Waals surface area contributed by atoms with Gasteiger partial charge >= 0.3 is 0 Å². The van der Waals surface area contributed by atoms with Crippen LogP contribution in [0.25, 0.3) is 0 Å². The minimum Gasteiger partial charge on any atom is -0.234 e. The van der Waals surface area contributed by atoms with Crippen molar-refractivity contribution in [1.29, 1.82) is 0 Å². The van der Waals surface area contributed by atoms with E-state index in [4.69, 9.17) is 0 Å². The minimum atomic E-state index is 0.576. The summed E-state index contributed by atoms with van der Waals surface area (Å²) in [7, 11) is 0. The molecule has 0 aliphatic heterocycles. The molecule has 0 atom stereocenters. The van der Waals surface area contributed by atoms with Gasteiger partial charge in [0.15, 0.2) is 0 Å². The van der Waals surface area contributed by atoms with Gasteiger partial charge in [-0.3, -0.25) is 0 Å². The monoisotopic (exact) mass is 293 g/mol. The highest BCUT2D eigenvalue weighted by atomic mass is 15.2. The van der Waals surface area contributed by atoms with Gasteiger partial charge in [-0.2, -0.15) is 0 Å². The van der Waals surface area contributed by atoms with Gasteiger partial charge < -0.3 is 0 Å². The summed E-state index contributed by atoms with van der Waals surface area (Å²) in [4.78, 5) is 0. The average Bonchev–Trinajstić information content (AvgIpc) is 2.87. The molecule has 1 aromatic heterocycles. The van der Waals surface area contributed by atoms with E-state index in [0.717, 1.165) is 0 Å². The van der Waals surface area contributed by atoms with Crippen LogP contribution >= 0.6 is 0 Å². The van der Waals surface area contributed by atoms with Crippen molar-refractivity contribution in [1.82, 2.24) is 4.57 Å². The Balaban J connectivity index is 2.42. The SMILES string of the molecule is CCCCCCCCCc1n(C(C)C)cc[n+]1CCCC. The van der Waals surface area contributed by atoms with Gasteiger partial charge in [-0.1, -0.05) is 58.8 Å². The first-order chi connectivity index (χ1) is 10.2. The van der Waals surface area contributed by atoms with Gasteiger partial charge in [0.05, 0.1) is 12.6 Å². The third kappa shape index (κ3) is 6.67. The lowest BCUT2D eigenvalue weighted by Gasteiger charge is -2.08. The maximum atomic E-state index is 2.49. The van der Waals surface area contributed by atoms with Crippen molar-refractivity contribution < 1.29 is 4.57 Å². The molecular weight excluding hydrogens is 256 g/mol. The van der Waals surface area contributed by atoms with E-state index in [9.17, 15) is 0 Å². The van der Waals surface area contributed by atoms with Crippen molar-refractivity contribution in [3.63, 3.8) is 0 Å². The van der Waals surface area contributed by atoms with Crippen LogP contribution < -0.4 is 4.57 Å². The van der Waals surface area contributed by atoms with E-state index >= 15 is 0 Å². The highest BCUT2D eigenvalue weighted by molar-refractivity contribution is 4.86. The second kappa shape index (κ2) is 10.9. The van der Waals surface area contributed by atoms with Crippen LogP contribution in [-0.4, -0.2) is 4.57 Å². The van der Waals surface area contributed by atoms with E-state index in [0.29, 0.717) is 6.04 Å². The third-order valence-electron chi connectivity index (χ3n) is 4.35. The summed E-state index contributed by atoms with van der Waals surface area (Å²) in [5.41, 5.74) is 0. The molecule has 21 heavy (non-hydrogen) atoms. The second-order valence-electron chi connectivity index (χ2n) is 6.63. The highest BCUT2D eigenvalue weighted by Crippen LogP contribution is 2.12. The van der Waals surface area contributed by atoms with E-state index in [-0.39, 0.29) is 0 Å². The first-order valence-corrected chi connectivity index (χ1v) is 9.29. The molecule has 1 rings (SSSR count). The number of nitrogens with zero attached hydrogens (tertiary/aromatic N) is 2. The van der Waals surface area contributed by atoms with Gasteiger partial charge in [-0.15, -0.1) is 0 Å². The van der Waals surface area contributed by atoms with Crippen LogP contribution in [0.4, 0.5) is 0 Å². The Kier molecular flexibility index (Phi) is 9.45. The maximum absolute atomic E-state index is 2.49. The molecule has 0 aromatic carbocycles. The lowest BCUT2D eigenvalue weighted by atomic mass is 10.1. The Morgan fingerprint density at radius 1 is 0.905 bits per heavy atom. The van der Waals surface area contributed by atoms with E-state index in [2.05, 4.69) is 49.2 Å². The van der Waals surface area contributed by atoms with Gasteiger partial charge in [0, 0.05) is 6.42 Å². The van der Waals surface area contributed by atoms with Crippen LogP contribution in [-0.2, 0) is 13.0 Å². The molecule has 0 aliphatic carbocycles. The van der Waals surface area contributed by atoms with Gasteiger partial charge in [-0.25, -0.2) is 9.13 Å². The average molecular weight is 294 g/mol. The number of aromatic nitrogens is 2. The van der Waals surface area contributed by atoms with E-state index in [1.165, 1.54) is 76.6 Å². The molecule has 1 heterocycles. The lowest BCUT2D eigenvalue weighted by molar-refractivity contribution is -0.704. The first kappa shape index (κ1) is 18.3. The molecule has 0 fully saturated rings. The Labute approximate surface area is 132 Å². The zero-order valence-corrected chi connectivity index (χ0v) is 14.9. The molecule has 0 spiro atoms. The quantitative estimate of drug-likeness (QED) is 0.358. The van der Waals surface area contributed by atoms with Crippen LogP contribution in [0.3, 0.4) is 0 Å². The fourth-order valence-corrected chi connectivity index (χ4v) is 2.99. The van der Waals surface area contributed by atoms with Crippen molar-refractivity contribution >= 4 is 0 Å². The van der Waals surface area contributed by atoms with Crippen LogP contribution in [0, 0.1) is 0 Å².